The lowest BCUT2D eigenvalue weighted by molar-refractivity contribution is -0.121. The molecule has 4 rings (SSSR count). The van der Waals surface area contributed by atoms with Gasteiger partial charge >= 0.3 is 0 Å². The van der Waals surface area contributed by atoms with E-state index in [1.807, 2.05) is 74.5 Å². The van der Waals surface area contributed by atoms with Crippen LogP contribution >= 0.6 is 12.4 Å². The van der Waals surface area contributed by atoms with Gasteiger partial charge in [0.1, 0.15) is 0 Å². The number of para-hydroxylation sites is 2. The van der Waals surface area contributed by atoms with Crippen LogP contribution in [0.15, 0.2) is 70.9 Å². The second-order valence-corrected chi connectivity index (χ2v) is 6.79. The summed E-state index contributed by atoms with van der Waals surface area (Å²) < 4.78 is 0. The summed E-state index contributed by atoms with van der Waals surface area (Å²) >= 11 is 0. The number of nitrogens with zero attached hydrogens (tertiary/aromatic N) is 4. The first-order valence-electron chi connectivity index (χ1n) is 8.94. The van der Waals surface area contributed by atoms with Crippen LogP contribution in [0.3, 0.4) is 0 Å². The van der Waals surface area contributed by atoms with E-state index in [1.165, 1.54) is 10.0 Å². The first kappa shape index (κ1) is 19.8. The molecule has 0 fully saturated rings. The average Bonchev–Trinajstić information content (AvgIpc) is 3.14. The molecular formula is C21H21ClN4O2. The van der Waals surface area contributed by atoms with Crippen LogP contribution in [0.4, 0.5) is 11.4 Å². The molecule has 2 aliphatic heterocycles. The van der Waals surface area contributed by atoms with Gasteiger partial charge in [0.25, 0.3) is 11.8 Å². The molecule has 2 atom stereocenters. The summed E-state index contributed by atoms with van der Waals surface area (Å²) in [5.41, 5.74) is 2.92. The number of benzene rings is 2. The van der Waals surface area contributed by atoms with E-state index < -0.39 is 11.8 Å². The number of anilines is 2. The van der Waals surface area contributed by atoms with Gasteiger partial charge < -0.3 is 0 Å². The molecule has 0 saturated carbocycles. The van der Waals surface area contributed by atoms with E-state index in [-0.39, 0.29) is 24.2 Å². The van der Waals surface area contributed by atoms with Gasteiger partial charge in [-0.3, -0.25) is 9.59 Å². The van der Waals surface area contributed by atoms with E-state index in [0.717, 1.165) is 22.8 Å². The normalized spacial score (nSPS) is 21.5. The van der Waals surface area contributed by atoms with Gasteiger partial charge in [0, 0.05) is 11.4 Å². The van der Waals surface area contributed by atoms with Crippen molar-refractivity contribution in [2.24, 2.45) is 22.0 Å². The van der Waals surface area contributed by atoms with Crippen molar-refractivity contribution in [3.05, 3.63) is 60.7 Å². The summed E-state index contributed by atoms with van der Waals surface area (Å²) in [6.45, 7) is 3.68. The smallest absolute Gasteiger partial charge is 0.256 e. The number of halogens is 1. The summed E-state index contributed by atoms with van der Waals surface area (Å²) in [5.74, 6) is -1.03. The number of amides is 2. The zero-order chi connectivity index (χ0) is 19.0. The first-order chi connectivity index (χ1) is 13.1. The molecule has 0 aliphatic carbocycles. The lowest BCUT2D eigenvalue weighted by atomic mass is 9.88. The first-order valence-corrected chi connectivity index (χ1v) is 8.94. The van der Waals surface area contributed by atoms with Crippen molar-refractivity contribution in [3.8, 4) is 0 Å². The number of rotatable bonds is 4. The number of hydrogen-bond donors (Lipinski definition) is 0. The Morgan fingerprint density at radius 2 is 1.07 bits per heavy atom. The molecule has 2 unspecified atom stereocenters. The van der Waals surface area contributed by atoms with Crippen LogP contribution in [0.2, 0.25) is 0 Å². The van der Waals surface area contributed by atoms with E-state index in [0.29, 0.717) is 6.42 Å². The second kappa shape index (κ2) is 7.94. The highest BCUT2D eigenvalue weighted by Crippen LogP contribution is 2.32. The quantitative estimate of drug-likeness (QED) is 0.787. The minimum Gasteiger partial charge on any atom is -0.272 e. The maximum atomic E-state index is 12.9. The van der Waals surface area contributed by atoms with Crippen molar-refractivity contribution >= 4 is 47.0 Å². The summed E-state index contributed by atoms with van der Waals surface area (Å²) in [4.78, 5) is 25.8. The van der Waals surface area contributed by atoms with Crippen LogP contribution in [-0.2, 0) is 9.59 Å². The SMILES string of the molecule is CC1=NN(c2ccccc2)C(=O)C1CC1C(=O)N(c2ccccc2)N=C1C.Cl. The third kappa shape index (κ3) is 3.43. The van der Waals surface area contributed by atoms with Gasteiger partial charge in [-0.15, -0.1) is 12.4 Å². The number of hydrogen-bond acceptors (Lipinski definition) is 4. The maximum Gasteiger partial charge on any atom is 0.256 e. The van der Waals surface area contributed by atoms with Gasteiger partial charge in [0.2, 0.25) is 0 Å². The van der Waals surface area contributed by atoms with Crippen LogP contribution in [0.1, 0.15) is 20.3 Å². The van der Waals surface area contributed by atoms with Crippen LogP contribution in [0.25, 0.3) is 0 Å². The van der Waals surface area contributed by atoms with E-state index in [1.54, 1.807) is 0 Å². The molecule has 2 aromatic rings. The Balaban J connectivity index is 0.00000225. The van der Waals surface area contributed by atoms with Crippen molar-refractivity contribution in [1.82, 2.24) is 0 Å². The molecule has 7 heteroatoms. The monoisotopic (exact) mass is 396 g/mol. The molecule has 0 N–H and O–H groups in total. The molecule has 2 aromatic carbocycles. The number of carbonyl (C=O) groups is 2. The van der Waals surface area contributed by atoms with Gasteiger partial charge in [-0.2, -0.15) is 10.2 Å². The van der Waals surface area contributed by atoms with Crippen molar-refractivity contribution in [2.75, 3.05) is 10.0 Å². The van der Waals surface area contributed by atoms with Crippen LogP contribution < -0.4 is 10.0 Å². The standard InChI is InChI=1S/C21H20N4O2.ClH/c1-14-18(20(26)24(22-14)16-9-5-3-6-10-16)13-19-15(2)23-25(21(19)27)17-11-7-4-8-12-17;/h3-12,18-19H,13H2,1-2H3;1H. The zero-order valence-electron chi connectivity index (χ0n) is 15.6. The summed E-state index contributed by atoms with van der Waals surface area (Å²) in [5, 5.41) is 11.7. The van der Waals surface area contributed by atoms with Gasteiger partial charge in [-0.25, -0.2) is 10.0 Å². The largest absolute Gasteiger partial charge is 0.272 e. The van der Waals surface area contributed by atoms with Gasteiger partial charge in [-0.05, 0) is 44.5 Å². The molecule has 0 bridgehead atoms. The van der Waals surface area contributed by atoms with Gasteiger partial charge in [-0.1, -0.05) is 36.4 Å². The molecule has 6 nitrogen and oxygen atoms in total. The molecule has 0 aromatic heterocycles. The third-order valence-electron chi connectivity index (χ3n) is 5.01. The van der Waals surface area contributed by atoms with Gasteiger partial charge in [0.05, 0.1) is 23.2 Å². The fourth-order valence-corrected chi connectivity index (χ4v) is 3.49. The summed E-state index contributed by atoms with van der Waals surface area (Å²) in [6, 6.07) is 18.7. The average molecular weight is 397 g/mol. The molecule has 2 heterocycles. The maximum absolute atomic E-state index is 12.9. The number of carbonyl (C=O) groups excluding carboxylic acids is 2. The molecule has 0 radical (unpaired) electrons. The van der Waals surface area contributed by atoms with Gasteiger partial charge in [0.15, 0.2) is 0 Å². The Bertz CT molecular complexity index is 866. The Hall–Kier alpha value is -2.99. The molecule has 0 spiro atoms. The molecule has 28 heavy (non-hydrogen) atoms. The van der Waals surface area contributed by atoms with Crippen molar-refractivity contribution in [3.63, 3.8) is 0 Å². The van der Waals surface area contributed by atoms with Crippen molar-refractivity contribution < 1.29 is 9.59 Å². The summed E-state index contributed by atoms with van der Waals surface area (Å²) in [7, 11) is 0. The molecule has 2 aliphatic rings. The molecule has 144 valence electrons. The molecule has 0 saturated heterocycles. The number of hydrazone groups is 2. The van der Waals surface area contributed by atoms with Crippen molar-refractivity contribution in [2.45, 2.75) is 20.3 Å². The minimum atomic E-state index is -0.417. The highest BCUT2D eigenvalue weighted by molar-refractivity contribution is 6.18. The molecular weight excluding hydrogens is 376 g/mol. The molecule has 2 amide bonds. The third-order valence-corrected chi connectivity index (χ3v) is 5.01. The van der Waals surface area contributed by atoms with E-state index in [2.05, 4.69) is 10.2 Å². The topological polar surface area (TPSA) is 65.3 Å². The summed E-state index contributed by atoms with van der Waals surface area (Å²) in [6.07, 6.45) is 0.384. The lowest BCUT2D eigenvalue weighted by Gasteiger charge is -2.18. The van der Waals surface area contributed by atoms with Crippen LogP contribution in [0.5, 0.6) is 0 Å². The predicted octanol–water partition coefficient (Wildman–Crippen LogP) is 3.88. The fourth-order valence-electron chi connectivity index (χ4n) is 3.49. The second-order valence-electron chi connectivity index (χ2n) is 6.79. The Kier molecular flexibility index (Phi) is 5.61. The van der Waals surface area contributed by atoms with Crippen LogP contribution in [0, 0.1) is 11.8 Å². The minimum absolute atomic E-state index is 0. The van der Waals surface area contributed by atoms with E-state index in [4.69, 9.17) is 0 Å². The lowest BCUT2D eigenvalue weighted by Crippen LogP contribution is -2.33. The Morgan fingerprint density at radius 3 is 1.43 bits per heavy atom. The Morgan fingerprint density at radius 1 is 0.714 bits per heavy atom. The highest BCUT2D eigenvalue weighted by atomic mass is 35.5. The fraction of sp³-hybridized carbons (Fsp3) is 0.238. The zero-order valence-corrected chi connectivity index (χ0v) is 16.5. The van der Waals surface area contributed by atoms with E-state index in [9.17, 15) is 9.59 Å². The predicted molar refractivity (Wildman–Crippen MR) is 113 cm³/mol. The Labute approximate surface area is 169 Å². The van der Waals surface area contributed by atoms with Crippen LogP contribution in [-0.4, -0.2) is 23.2 Å². The van der Waals surface area contributed by atoms with Crippen molar-refractivity contribution in [1.29, 1.82) is 0 Å². The highest BCUT2D eigenvalue weighted by Gasteiger charge is 2.42. The van der Waals surface area contributed by atoms with E-state index >= 15 is 0 Å².